The second-order valence-electron chi connectivity index (χ2n) is 10.7. The Hall–Kier alpha value is -1.38. The van der Waals surface area contributed by atoms with Crippen molar-refractivity contribution < 1.29 is 43.3 Å². The minimum Gasteiger partial charge on any atom is -0.284 e. The molecule has 10 nitrogen and oxygen atoms in total. The highest BCUT2D eigenvalue weighted by molar-refractivity contribution is 8.04. The van der Waals surface area contributed by atoms with Crippen LogP contribution in [0.4, 0.5) is 0 Å². The molecule has 0 aromatic heterocycles. The van der Waals surface area contributed by atoms with Gasteiger partial charge in [-0.25, -0.2) is 33.7 Å². The maximum Gasteiger partial charge on any atom is 0.247 e. The summed E-state index contributed by atoms with van der Waals surface area (Å²) < 4.78 is 107. The summed E-state index contributed by atoms with van der Waals surface area (Å²) in [4.78, 5) is 20.7. The SMILES string of the molecule is CC(C)CS(=O)(=O)C1=C(S(=O)(=O)CC(C)C)C(S(=O)(=O)CC(C)C)=C(S(=O)(=O)CC(C)C)C(=O)C1=O. The molecule has 14 heteroatoms. The van der Waals surface area contributed by atoms with Gasteiger partial charge in [0.05, 0.1) is 23.0 Å². The van der Waals surface area contributed by atoms with E-state index >= 15 is 0 Å². The zero-order chi connectivity index (χ0) is 28.6. The van der Waals surface area contributed by atoms with E-state index in [0.717, 1.165) is 0 Å². The molecule has 0 spiro atoms. The van der Waals surface area contributed by atoms with Crippen LogP contribution in [0, 0.1) is 23.7 Å². The number of carbonyl (C=O) groups excluding carboxylic acids is 2. The van der Waals surface area contributed by atoms with Crippen LogP contribution in [0.5, 0.6) is 0 Å². The van der Waals surface area contributed by atoms with Crippen molar-refractivity contribution >= 4 is 50.9 Å². The fourth-order valence-electron chi connectivity index (χ4n) is 3.84. The van der Waals surface area contributed by atoms with Crippen LogP contribution in [-0.4, -0.2) is 68.2 Å². The summed E-state index contributed by atoms with van der Waals surface area (Å²) in [6.07, 6.45) is 0. The Balaban J connectivity index is 4.61. The van der Waals surface area contributed by atoms with Gasteiger partial charge in [-0.15, -0.1) is 0 Å². The molecular formula is C22H36O10S4. The van der Waals surface area contributed by atoms with E-state index in [0.29, 0.717) is 0 Å². The largest absolute Gasteiger partial charge is 0.284 e. The molecule has 0 N–H and O–H groups in total. The molecule has 36 heavy (non-hydrogen) atoms. The van der Waals surface area contributed by atoms with Crippen molar-refractivity contribution in [2.24, 2.45) is 23.7 Å². The average molecular weight is 589 g/mol. The van der Waals surface area contributed by atoms with Gasteiger partial charge in [-0.05, 0) is 23.7 Å². The van der Waals surface area contributed by atoms with Crippen molar-refractivity contribution in [3.63, 3.8) is 0 Å². The fourth-order valence-corrected chi connectivity index (χ4v) is 13.5. The zero-order valence-corrected chi connectivity index (χ0v) is 25.1. The van der Waals surface area contributed by atoms with Gasteiger partial charge in [0.25, 0.3) is 0 Å². The number of rotatable bonds is 12. The molecular weight excluding hydrogens is 553 g/mol. The number of hydrogen-bond donors (Lipinski definition) is 0. The first kappa shape index (κ1) is 32.6. The summed E-state index contributed by atoms with van der Waals surface area (Å²) in [5, 5.41) is 0. The van der Waals surface area contributed by atoms with Crippen LogP contribution in [0.1, 0.15) is 55.4 Å². The summed E-state index contributed by atoms with van der Waals surface area (Å²) in [5.41, 5.74) is 0. The van der Waals surface area contributed by atoms with Crippen LogP contribution >= 0.6 is 0 Å². The molecule has 0 amide bonds. The van der Waals surface area contributed by atoms with Crippen LogP contribution < -0.4 is 0 Å². The van der Waals surface area contributed by atoms with Crippen molar-refractivity contribution in [2.75, 3.05) is 23.0 Å². The number of carbonyl (C=O) groups is 2. The summed E-state index contributed by atoms with van der Waals surface area (Å²) in [6.45, 7) is 11.8. The minimum atomic E-state index is -4.87. The molecule has 208 valence electrons. The van der Waals surface area contributed by atoms with E-state index in [1.54, 1.807) is 0 Å². The quantitative estimate of drug-likeness (QED) is 0.242. The van der Waals surface area contributed by atoms with Crippen molar-refractivity contribution in [2.45, 2.75) is 55.4 Å². The molecule has 0 aliphatic heterocycles. The molecule has 0 unspecified atom stereocenters. The summed E-state index contributed by atoms with van der Waals surface area (Å²) >= 11 is 0. The van der Waals surface area contributed by atoms with Crippen molar-refractivity contribution in [3.05, 3.63) is 19.6 Å². The maximum absolute atomic E-state index is 13.5. The molecule has 0 heterocycles. The molecule has 0 bridgehead atoms. The van der Waals surface area contributed by atoms with E-state index in [4.69, 9.17) is 0 Å². The van der Waals surface area contributed by atoms with Gasteiger partial charge in [-0.2, -0.15) is 0 Å². The van der Waals surface area contributed by atoms with Gasteiger partial charge in [0.15, 0.2) is 39.3 Å². The number of sulfone groups is 4. The second kappa shape index (κ2) is 11.2. The standard InChI is InChI=1S/C22H36O10S4/c1-13(2)9-33(25,26)19-17(23)18(24)20(34(27,28)10-14(3)4)22(36(31,32)12-16(7)8)21(19)35(29,30)11-15(5)6/h13-16H,9-12H2,1-8H3. The van der Waals surface area contributed by atoms with Gasteiger partial charge in [-0.3, -0.25) is 9.59 Å². The summed E-state index contributed by atoms with van der Waals surface area (Å²) in [5.74, 6) is -9.31. The predicted molar refractivity (Wildman–Crippen MR) is 139 cm³/mol. The molecule has 1 rings (SSSR count). The third-order valence-electron chi connectivity index (χ3n) is 4.69. The highest BCUT2D eigenvalue weighted by Crippen LogP contribution is 2.40. The van der Waals surface area contributed by atoms with Crippen molar-refractivity contribution in [3.8, 4) is 0 Å². The lowest BCUT2D eigenvalue weighted by atomic mass is 10.1. The molecule has 1 aliphatic rings. The van der Waals surface area contributed by atoms with E-state index in [1.165, 1.54) is 55.4 Å². The molecule has 0 saturated carbocycles. The monoisotopic (exact) mass is 588 g/mol. The predicted octanol–water partition coefficient (Wildman–Crippen LogP) is 1.84. The van der Waals surface area contributed by atoms with E-state index in [-0.39, 0.29) is 0 Å². The first-order valence-corrected chi connectivity index (χ1v) is 18.1. The number of ketones is 2. The Labute approximate surface area is 215 Å². The summed E-state index contributed by atoms with van der Waals surface area (Å²) in [6, 6.07) is 0. The van der Waals surface area contributed by atoms with E-state index in [1.807, 2.05) is 0 Å². The first-order valence-electron chi connectivity index (χ1n) is 11.5. The normalized spacial score (nSPS) is 16.9. The van der Waals surface area contributed by atoms with Gasteiger partial charge < -0.3 is 0 Å². The van der Waals surface area contributed by atoms with Gasteiger partial charge in [0, 0.05) is 0 Å². The van der Waals surface area contributed by atoms with Crippen LogP contribution in [-0.2, 0) is 48.9 Å². The Morgan fingerprint density at radius 1 is 0.389 bits per heavy atom. The van der Waals surface area contributed by atoms with Crippen LogP contribution in [0.2, 0.25) is 0 Å². The van der Waals surface area contributed by atoms with E-state index in [9.17, 15) is 43.3 Å². The lowest BCUT2D eigenvalue weighted by molar-refractivity contribution is -0.131. The number of Topliss-reactive ketones (excluding diaryl/α,β-unsaturated/α-hetero) is 2. The second-order valence-corrected chi connectivity index (χ2v) is 18.6. The van der Waals surface area contributed by atoms with Crippen LogP contribution in [0.3, 0.4) is 0 Å². The number of allylic oxidation sites excluding steroid dienone is 2. The molecule has 0 aromatic carbocycles. The van der Waals surface area contributed by atoms with Crippen LogP contribution in [0.15, 0.2) is 19.6 Å². The maximum atomic E-state index is 13.5. The average Bonchev–Trinajstić information content (AvgIpc) is 2.57. The van der Waals surface area contributed by atoms with Crippen molar-refractivity contribution in [1.82, 2.24) is 0 Å². The zero-order valence-electron chi connectivity index (χ0n) is 21.9. The van der Waals surface area contributed by atoms with Gasteiger partial charge in [0.1, 0.15) is 19.6 Å². The molecule has 1 aliphatic carbocycles. The van der Waals surface area contributed by atoms with E-state index < -0.39 is 117 Å². The topological polar surface area (TPSA) is 171 Å². The molecule has 0 atom stereocenters. The molecule has 0 radical (unpaired) electrons. The first-order chi connectivity index (χ1) is 16.0. The third-order valence-corrected chi connectivity index (χ3v) is 13.6. The van der Waals surface area contributed by atoms with E-state index in [2.05, 4.69) is 0 Å². The van der Waals surface area contributed by atoms with Gasteiger partial charge in [-0.1, -0.05) is 55.4 Å². The van der Waals surface area contributed by atoms with Gasteiger partial charge >= 0.3 is 0 Å². The lowest BCUT2D eigenvalue weighted by Crippen LogP contribution is -2.40. The highest BCUT2D eigenvalue weighted by Gasteiger charge is 2.52. The van der Waals surface area contributed by atoms with Crippen LogP contribution in [0.25, 0.3) is 0 Å². The summed E-state index contributed by atoms with van der Waals surface area (Å²) in [7, 11) is -19.4. The molecule has 0 aromatic rings. The van der Waals surface area contributed by atoms with Crippen molar-refractivity contribution in [1.29, 1.82) is 0 Å². The lowest BCUT2D eigenvalue weighted by Gasteiger charge is -2.26. The Morgan fingerprint density at radius 3 is 0.722 bits per heavy atom. The Bertz CT molecular complexity index is 1290. The fraction of sp³-hybridized carbons (Fsp3) is 0.727. The smallest absolute Gasteiger partial charge is 0.247 e. The molecule has 0 fully saturated rings. The number of hydrogen-bond acceptors (Lipinski definition) is 10. The Morgan fingerprint density at radius 2 is 0.556 bits per heavy atom. The molecule has 0 saturated heterocycles. The van der Waals surface area contributed by atoms with Gasteiger partial charge in [0.2, 0.25) is 11.6 Å². The Kier molecular flexibility index (Phi) is 10.1. The third kappa shape index (κ3) is 7.35. The minimum absolute atomic E-state index is 0.620. The highest BCUT2D eigenvalue weighted by atomic mass is 32.2.